The van der Waals surface area contributed by atoms with Crippen LogP contribution in [0, 0.1) is 0 Å². The monoisotopic (exact) mass is 419 g/mol. The van der Waals surface area contributed by atoms with Gasteiger partial charge in [-0.15, -0.1) is 0 Å². The van der Waals surface area contributed by atoms with Gasteiger partial charge in [-0.05, 0) is 51.0 Å². The Kier molecular flexibility index (Phi) is 6.27. The first-order valence-electron chi connectivity index (χ1n) is 10.5. The maximum absolute atomic E-state index is 6.08. The van der Waals surface area contributed by atoms with Crippen LogP contribution in [0.1, 0.15) is 39.5 Å². The molecule has 1 spiro atoms. The minimum Gasteiger partial charge on any atom is -0.383 e. The average molecular weight is 420 g/mol. The van der Waals surface area contributed by atoms with Crippen LogP contribution in [0.3, 0.4) is 0 Å². The van der Waals surface area contributed by atoms with Crippen LogP contribution in [0.15, 0.2) is 30.5 Å². The van der Waals surface area contributed by atoms with Crippen molar-refractivity contribution in [1.82, 2.24) is 9.88 Å². The molecule has 2 aliphatic rings. The lowest BCUT2D eigenvalue weighted by Gasteiger charge is -2.43. The highest BCUT2D eigenvalue weighted by Gasteiger charge is 2.40. The summed E-state index contributed by atoms with van der Waals surface area (Å²) < 4.78 is 6.08. The van der Waals surface area contributed by atoms with Crippen LogP contribution in [-0.4, -0.2) is 54.1 Å². The first kappa shape index (κ1) is 20.8. The minimum atomic E-state index is -0.595. The second-order valence-electron chi connectivity index (χ2n) is 8.58. The molecule has 2 aromatic rings. The van der Waals surface area contributed by atoms with Crippen molar-refractivity contribution in [2.45, 2.75) is 50.9 Å². The summed E-state index contributed by atoms with van der Waals surface area (Å²) in [5.74, 6) is -0.595. The van der Waals surface area contributed by atoms with Gasteiger partial charge in [0.1, 0.15) is 0 Å². The number of hydrogen-bond acceptors (Lipinski definition) is 6. The predicted octanol–water partition coefficient (Wildman–Crippen LogP) is 4.63. The number of ether oxygens (including phenoxy) is 1. The molecule has 3 heterocycles. The summed E-state index contributed by atoms with van der Waals surface area (Å²) in [6, 6.07) is 7.82. The van der Waals surface area contributed by atoms with E-state index < -0.39 is 5.79 Å². The molecule has 0 unspecified atom stereocenters. The number of aromatic nitrogens is 1. The zero-order valence-corrected chi connectivity index (χ0v) is 18.0. The molecule has 7 heteroatoms. The van der Waals surface area contributed by atoms with Crippen molar-refractivity contribution in [3.05, 3.63) is 35.5 Å². The van der Waals surface area contributed by atoms with Crippen LogP contribution in [0.5, 0.6) is 0 Å². The number of pyridine rings is 1. The van der Waals surface area contributed by atoms with E-state index in [0.29, 0.717) is 5.02 Å². The molecule has 6 nitrogen and oxygen atoms in total. The fraction of sp³-hybridized carbons (Fsp3) is 0.591. The largest absolute Gasteiger partial charge is 0.383 e. The first-order chi connectivity index (χ1) is 13.9. The molecule has 0 amide bonds. The summed E-state index contributed by atoms with van der Waals surface area (Å²) in [6.45, 7) is 8.55. The van der Waals surface area contributed by atoms with Gasteiger partial charge in [-0.25, -0.2) is 9.78 Å². The summed E-state index contributed by atoms with van der Waals surface area (Å²) in [7, 11) is 0. The summed E-state index contributed by atoms with van der Waals surface area (Å²) >= 11 is 6.08. The third kappa shape index (κ3) is 5.19. The maximum Gasteiger partial charge on any atom is 0.204 e. The van der Waals surface area contributed by atoms with Crippen molar-refractivity contribution in [2.24, 2.45) is 0 Å². The molecular formula is C22H30ClN3O3. The Balaban J connectivity index is 1.28. The number of nitrogens with zero attached hydrogens (tertiary/aromatic N) is 2. The van der Waals surface area contributed by atoms with Crippen molar-refractivity contribution in [3.63, 3.8) is 0 Å². The first-order valence-corrected chi connectivity index (χ1v) is 10.8. The van der Waals surface area contributed by atoms with Crippen LogP contribution in [0.2, 0.25) is 5.02 Å². The van der Waals surface area contributed by atoms with E-state index in [9.17, 15) is 0 Å². The fourth-order valence-electron chi connectivity index (χ4n) is 3.98. The fourth-order valence-corrected chi connectivity index (χ4v) is 4.15. The van der Waals surface area contributed by atoms with E-state index in [2.05, 4.69) is 29.0 Å². The van der Waals surface area contributed by atoms with Gasteiger partial charge in [0.05, 0.1) is 17.7 Å². The normalized spacial score (nSPS) is 22.3. The topological polar surface area (TPSA) is 55.9 Å². The van der Waals surface area contributed by atoms with Gasteiger partial charge in [-0.1, -0.05) is 11.6 Å². The van der Waals surface area contributed by atoms with Gasteiger partial charge < -0.3 is 15.0 Å². The Morgan fingerprint density at radius 2 is 1.97 bits per heavy atom. The Morgan fingerprint density at radius 1 is 1.14 bits per heavy atom. The summed E-state index contributed by atoms with van der Waals surface area (Å²) in [4.78, 5) is 18.4. The van der Waals surface area contributed by atoms with E-state index in [4.69, 9.17) is 26.1 Å². The van der Waals surface area contributed by atoms with Crippen molar-refractivity contribution >= 4 is 28.2 Å². The van der Waals surface area contributed by atoms with Gasteiger partial charge in [0, 0.05) is 61.3 Å². The molecule has 0 aliphatic carbocycles. The Bertz CT molecular complexity index is 837. The molecule has 0 radical (unpaired) electrons. The van der Waals surface area contributed by atoms with E-state index in [-0.39, 0.29) is 5.60 Å². The Morgan fingerprint density at radius 3 is 2.79 bits per heavy atom. The number of piperidine rings is 1. The van der Waals surface area contributed by atoms with Crippen LogP contribution in [0.25, 0.3) is 10.9 Å². The third-order valence-corrected chi connectivity index (χ3v) is 6.01. The molecule has 1 N–H and O–H groups in total. The van der Waals surface area contributed by atoms with Crippen LogP contribution in [0.4, 0.5) is 5.69 Å². The summed E-state index contributed by atoms with van der Waals surface area (Å²) in [6.07, 6.45) is 5.39. The summed E-state index contributed by atoms with van der Waals surface area (Å²) in [5.41, 5.74) is 1.74. The van der Waals surface area contributed by atoms with Crippen LogP contribution in [-0.2, 0) is 14.5 Å². The number of fused-ring (bicyclic) bond motifs is 1. The van der Waals surface area contributed by atoms with Crippen molar-refractivity contribution in [3.8, 4) is 0 Å². The van der Waals surface area contributed by atoms with Crippen molar-refractivity contribution < 1.29 is 14.5 Å². The lowest BCUT2D eigenvalue weighted by molar-refractivity contribution is -0.475. The molecule has 29 heavy (non-hydrogen) atoms. The molecule has 0 saturated carbocycles. The van der Waals surface area contributed by atoms with E-state index in [0.717, 1.165) is 75.1 Å². The Labute approximate surface area is 177 Å². The third-order valence-electron chi connectivity index (χ3n) is 5.77. The molecule has 1 aromatic carbocycles. The minimum absolute atomic E-state index is 0.255. The van der Waals surface area contributed by atoms with E-state index >= 15 is 0 Å². The molecule has 0 atom stereocenters. The maximum atomic E-state index is 6.08. The van der Waals surface area contributed by atoms with Gasteiger partial charge >= 0.3 is 0 Å². The molecular weight excluding hydrogens is 390 g/mol. The molecule has 2 saturated heterocycles. The number of rotatable bonds is 4. The number of nitrogens with one attached hydrogen (secondary N) is 1. The lowest BCUT2D eigenvalue weighted by Crippen LogP contribution is -2.50. The molecule has 2 fully saturated rings. The zero-order valence-electron chi connectivity index (χ0n) is 17.2. The lowest BCUT2D eigenvalue weighted by atomic mass is 10.0. The molecule has 0 bridgehead atoms. The number of halogens is 1. The van der Waals surface area contributed by atoms with Crippen LogP contribution < -0.4 is 5.32 Å². The number of benzene rings is 1. The smallest absolute Gasteiger partial charge is 0.204 e. The quantitative estimate of drug-likeness (QED) is 0.729. The second kappa shape index (κ2) is 8.74. The van der Waals surface area contributed by atoms with E-state index in [1.165, 1.54) is 0 Å². The van der Waals surface area contributed by atoms with E-state index in [1.54, 1.807) is 0 Å². The summed E-state index contributed by atoms with van der Waals surface area (Å²) in [5, 5.41) is 5.34. The highest BCUT2D eigenvalue weighted by molar-refractivity contribution is 6.31. The van der Waals surface area contributed by atoms with Crippen LogP contribution >= 0.6 is 11.6 Å². The average Bonchev–Trinajstić information content (AvgIpc) is 2.70. The van der Waals surface area contributed by atoms with Gasteiger partial charge in [0.25, 0.3) is 0 Å². The number of anilines is 1. The molecule has 4 rings (SSSR count). The number of likely N-dealkylation sites (tertiary alicyclic amines) is 1. The van der Waals surface area contributed by atoms with Crippen molar-refractivity contribution in [2.75, 3.05) is 38.1 Å². The van der Waals surface area contributed by atoms with Crippen molar-refractivity contribution in [1.29, 1.82) is 0 Å². The van der Waals surface area contributed by atoms with Gasteiger partial charge in [0.15, 0.2) is 0 Å². The number of hydrogen-bond donors (Lipinski definition) is 1. The molecule has 1 aromatic heterocycles. The Hall–Kier alpha value is -1.44. The highest BCUT2D eigenvalue weighted by atomic mass is 35.5. The van der Waals surface area contributed by atoms with Gasteiger partial charge in [0.2, 0.25) is 5.79 Å². The molecule has 158 valence electrons. The van der Waals surface area contributed by atoms with Gasteiger partial charge in [-0.3, -0.25) is 4.98 Å². The standard InChI is InChI=1S/C22H30ClN3O3/c1-21(2)7-3-15-27-22(29-28-21)8-12-26(13-9-22)14-11-25-19-6-10-24-20-16-17(23)4-5-18(19)20/h4-6,10,16H,3,7-9,11-15H2,1-2H3,(H,24,25). The SMILES string of the molecule is CC1(C)CCCOC2(CCN(CCNc3ccnc4cc(Cl)ccc34)CC2)OO1. The predicted molar refractivity (Wildman–Crippen MR) is 115 cm³/mol. The molecule has 2 aliphatic heterocycles. The zero-order chi connectivity index (χ0) is 20.3. The second-order valence-corrected chi connectivity index (χ2v) is 9.01. The van der Waals surface area contributed by atoms with Gasteiger partial charge in [-0.2, -0.15) is 0 Å². The highest BCUT2D eigenvalue weighted by Crippen LogP contribution is 2.33. The van der Waals surface area contributed by atoms with E-state index in [1.807, 2.05) is 30.5 Å².